The number of rotatable bonds is 4. The summed E-state index contributed by atoms with van der Waals surface area (Å²) in [7, 11) is 1.91. The van der Waals surface area contributed by atoms with Gasteiger partial charge in [-0.15, -0.1) is 0 Å². The minimum Gasteiger partial charge on any atom is -0.457 e. The van der Waals surface area contributed by atoms with E-state index in [2.05, 4.69) is 21.2 Å². The molecule has 0 spiro atoms. The molecule has 0 bridgehead atoms. The smallest absolute Gasteiger partial charge is 0.173 e. The molecule has 96 valence electrons. The number of benzene rings is 1. The van der Waals surface area contributed by atoms with Crippen molar-refractivity contribution in [3.05, 3.63) is 56.4 Å². The summed E-state index contributed by atoms with van der Waals surface area (Å²) in [4.78, 5) is 0. The molecule has 2 rings (SSSR count). The second kappa shape index (κ2) is 6.11. The average Bonchev–Trinajstić information content (AvgIpc) is 2.75. The maximum absolute atomic E-state index is 6.18. The van der Waals surface area contributed by atoms with Gasteiger partial charge in [-0.25, -0.2) is 0 Å². The van der Waals surface area contributed by atoms with E-state index in [1.807, 2.05) is 25.2 Å². The normalized spacial score (nSPS) is 12.7. The third-order valence-corrected chi connectivity index (χ3v) is 4.04. The quantitative estimate of drug-likeness (QED) is 0.854. The summed E-state index contributed by atoms with van der Waals surface area (Å²) in [5.74, 6) is 0. The Bertz CT molecular complexity index is 542. The van der Waals surface area contributed by atoms with E-state index in [9.17, 15) is 0 Å². The van der Waals surface area contributed by atoms with Crippen LogP contribution in [0.1, 0.15) is 17.2 Å². The fraction of sp³-hybridized carbons (Fsp3) is 0.231. The van der Waals surface area contributed by atoms with Crippen LogP contribution in [0.3, 0.4) is 0 Å². The van der Waals surface area contributed by atoms with Crippen molar-refractivity contribution in [1.29, 1.82) is 0 Å². The van der Waals surface area contributed by atoms with Crippen LogP contribution in [-0.4, -0.2) is 7.05 Å². The Morgan fingerprint density at radius 1 is 1.33 bits per heavy atom. The fourth-order valence-corrected chi connectivity index (χ4v) is 2.83. The van der Waals surface area contributed by atoms with E-state index in [1.165, 1.54) is 0 Å². The van der Waals surface area contributed by atoms with Crippen LogP contribution in [0.4, 0.5) is 0 Å². The highest BCUT2D eigenvalue weighted by Gasteiger charge is 2.16. The Labute approximate surface area is 124 Å². The van der Waals surface area contributed by atoms with E-state index in [4.69, 9.17) is 27.6 Å². The van der Waals surface area contributed by atoms with Crippen molar-refractivity contribution >= 4 is 39.1 Å². The van der Waals surface area contributed by atoms with E-state index in [-0.39, 0.29) is 6.04 Å². The van der Waals surface area contributed by atoms with E-state index in [0.29, 0.717) is 10.0 Å². The van der Waals surface area contributed by atoms with Crippen molar-refractivity contribution in [3.63, 3.8) is 0 Å². The largest absolute Gasteiger partial charge is 0.457 e. The molecule has 5 heteroatoms. The summed E-state index contributed by atoms with van der Waals surface area (Å²) >= 11 is 15.5. The zero-order chi connectivity index (χ0) is 13.1. The first kappa shape index (κ1) is 13.9. The first-order valence-electron chi connectivity index (χ1n) is 5.46. The maximum atomic E-state index is 6.18. The molecule has 1 unspecified atom stereocenters. The minimum absolute atomic E-state index is 0.136. The lowest BCUT2D eigenvalue weighted by atomic mass is 10.0. The molecule has 0 radical (unpaired) electrons. The van der Waals surface area contributed by atoms with Gasteiger partial charge in [0, 0.05) is 21.7 Å². The molecular weight excluding hydrogens is 337 g/mol. The molecule has 0 aliphatic carbocycles. The van der Waals surface area contributed by atoms with Gasteiger partial charge in [-0.1, -0.05) is 29.3 Å². The van der Waals surface area contributed by atoms with Gasteiger partial charge in [-0.05, 0) is 53.2 Å². The topological polar surface area (TPSA) is 25.2 Å². The Kier molecular flexibility index (Phi) is 4.73. The van der Waals surface area contributed by atoms with Crippen LogP contribution in [0.25, 0.3) is 0 Å². The molecule has 0 saturated carbocycles. The first-order valence-corrected chi connectivity index (χ1v) is 7.00. The molecule has 0 fully saturated rings. The number of hydrogen-bond acceptors (Lipinski definition) is 2. The SMILES string of the molecule is CNC(Cc1ccc(Cl)cc1Cl)c1ccoc1Br. The van der Waals surface area contributed by atoms with Gasteiger partial charge in [0.05, 0.1) is 6.26 Å². The van der Waals surface area contributed by atoms with Crippen molar-refractivity contribution in [2.24, 2.45) is 0 Å². The molecule has 0 aliphatic rings. The summed E-state index contributed by atoms with van der Waals surface area (Å²) in [6.07, 6.45) is 2.43. The molecule has 2 nitrogen and oxygen atoms in total. The monoisotopic (exact) mass is 347 g/mol. The van der Waals surface area contributed by atoms with E-state index < -0.39 is 0 Å². The molecule has 0 aliphatic heterocycles. The van der Waals surface area contributed by atoms with Crippen molar-refractivity contribution in [2.75, 3.05) is 7.05 Å². The highest BCUT2D eigenvalue weighted by Crippen LogP contribution is 2.30. The third kappa shape index (κ3) is 3.09. The predicted molar refractivity (Wildman–Crippen MR) is 78.4 cm³/mol. The van der Waals surface area contributed by atoms with Crippen LogP contribution in [-0.2, 0) is 6.42 Å². The van der Waals surface area contributed by atoms with Gasteiger partial charge in [0.25, 0.3) is 0 Å². The Hall–Kier alpha value is -0.480. The lowest BCUT2D eigenvalue weighted by Gasteiger charge is -2.16. The number of nitrogens with one attached hydrogen (secondary N) is 1. The van der Waals surface area contributed by atoms with Gasteiger partial charge in [0.15, 0.2) is 4.67 Å². The summed E-state index contributed by atoms with van der Waals surface area (Å²) < 4.78 is 6.00. The lowest BCUT2D eigenvalue weighted by molar-refractivity contribution is 0.518. The van der Waals surface area contributed by atoms with Crippen molar-refractivity contribution in [1.82, 2.24) is 5.32 Å². The Balaban J connectivity index is 2.23. The Morgan fingerprint density at radius 3 is 2.67 bits per heavy atom. The van der Waals surface area contributed by atoms with Gasteiger partial charge in [0.1, 0.15) is 0 Å². The predicted octanol–water partition coefficient (Wildman–Crippen LogP) is 4.85. The molecule has 1 heterocycles. The van der Waals surface area contributed by atoms with Gasteiger partial charge < -0.3 is 9.73 Å². The molecular formula is C13H12BrCl2NO. The molecule has 1 N–H and O–H groups in total. The number of hydrogen-bond donors (Lipinski definition) is 1. The second-order valence-corrected chi connectivity index (χ2v) is 5.49. The minimum atomic E-state index is 0.136. The number of furan rings is 1. The number of likely N-dealkylation sites (N-methyl/N-ethyl adjacent to an activating group) is 1. The zero-order valence-corrected chi connectivity index (χ0v) is 12.8. The highest BCUT2D eigenvalue weighted by atomic mass is 79.9. The van der Waals surface area contributed by atoms with Crippen LogP contribution in [0, 0.1) is 0 Å². The van der Waals surface area contributed by atoms with Crippen molar-refractivity contribution < 1.29 is 4.42 Å². The molecule has 1 aromatic carbocycles. The van der Waals surface area contributed by atoms with Crippen LogP contribution in [0.15, 0.2) is 39.6 Å². The van der Waals surface area contributed by atoms with E-state index in [0.717, 1.165) is 22.2 Å². The van der Waals surface area contributed by atoms with Gasteiger partial charge in [-0.2, -0.15) is 0 Å². The lowest BCUT2D eigenvalue weighted by Crippen LogP contribution is -2.18. The standard InChI is InChI=1S/C13H12BrCl2NO/c1-17-12(10-4-5-18-13(10)14)6-8-2-3-9(15)7-11(8)16/h2-5,7,12,17H,6H2,1H3. The van der Waals surface area contributed by atoms with Crippen LogP contribution < -0.4 is 5.32 Å². The molecule has 1 aromatic heterocycles. The summed E-state index contributed by atoms with van der Waals surface area (Å²) in [5, 5.41) is 4.58. The van der Waals surface area contributed by atoms with E-state index >= 15 is 0 Å². The van der Waals surface area contributed by atoms with Crippen molar-refractivity contribution in [2.45, 2.75) is 12.5 Å². The summed E-state index contributed by atoms with van der Waals surface area (Å²) in [5.41, 5.74) is 2.12. The molecule has 18 heavy (non-hydrogen) atoms. The van der Waals surface area contributed by atoms with Gasteiger partial charge in [-0.3, -0.25) is 0 Å². The molecule has 0 amide bonds. The average molecular weight is 349 g/mol. The fourth-order valence-electron chi connectivity index (χ4n) is 1.83. The third-order valence-electron chi connectivity index (χ3n) is 2.81. The first-order chi connectivity index (χ1) is 8.61. The Morgan fingerprint density at radius 2 is 2.11 bits per heavy atom. The van der Waals surface area contributed by atoms with Crippen LogP contribution in [0.5, 0.6) is 0 Å². The van der Waals surface area contributed by atoms with Gasteiger partial charge in [0.2, 0.25) is 0 Å². The molecule has 2 aromatic rings. The molecule has 1 atom stereocenters. The number of halogens is 3. The van der Waals surface area contributed by atoms with Gasteiger partial charge >= 0.3 is 0 Å². The summed E-state index contributed by atoms with van der Waals surface area (Å²) in [6, 6.07) is 7.63. The van der Waals surface area contributed by atoms with E-state index in [1.54, 1.807) is 12.3 Å². The van der Waals surface area contributed by atoms with Crippen LogP contribution >= 0.6 is 39.1 Å². The molecule has 0 saturated heterocycles. The van der Waals surface area contributed by atoms with Crippen LogP contribution in [0.2, 0.25) is 10.0 Å². The van der Waals surface area contributed by atoms with Crippen molar-refractivity contribution in [3.8, 4) is 0 Å². The highest BCUT2D eigenvalue weighted by molar-refractivity contribution is 9.10. The maximum Gasteiger partial charge on any atom is 0.173 e. The second-order valence-electron chi connectivity index (χ2n) is 3.93. The zero-order valence-electron chi connectivity index (χ0n) is 9.71. The summed E-state index contributed by atoms with van der Waals surface area (Å²) in [6.45, 7) is 0.